The molecule has 1 N–H and O–H groups in total. The van der Waals surface area contributed by atoms with Gasteiger partial charge in [0.2, 0.25) is 0 Å². The van der Waals surface area contributed by atoms with E-state index in [4.69, 9.17) is 0 Å². The molecule has 0 unspecified atom stereocenters. The van der Waals surface area contributed by atoms with Crippen LogP contribution in [-0.2, 0) is 6.18 Å². The van der Waals surface area contributed by atoms with Crippen LogP contribution in [0.5, 0.6) is 0 Å². The van der Waals surface area contributed by atoms with Crippen molar-refractivity contribution in [3.63, 3.8) is 0 Å². The van der Waals surface area contributed by atoms with Gasteiger partial charge in [-0.2, -0.15) is 13.2 Å². The third-order valence-corrected chi connectivity index (χ3v) is 2.32. The molecule has 4 nitrogen and oxygen atoms in total. The topological polar surface area (TPSA) is 50.7 Å². The van der Waals surface area contributed by atoms with Gasteiger partial charge in [0.15, 0.2) is 0 Å². The van der Waals surface area contributed by atoms with Gasteiger partial charge in [0, 0.05) is 25.0 Å². The lowest BCUT2D eigenvalue weighted by Crippen LogP contribution is -2.08. The molecule has 0 atom stereocenters. The van der Waals surface area contributed by atoms with Crippen molar-refractivity contribution in [1.29, 1.82) is 0 Å². The summed E-state index contributed by atoms with van der Waals surface area (Å²) in [5.74, 6) is 0.483. The lowest BCUT2D eigenvalue weighted by Gasteiger charge is -2.11. The van der Waals surface area contributed by atoms with E-state index >= 15 is 0 Å². The summed E-state index contributed by atoms with van der Waals surface area (Å²) in [6, 6.07) is 3.93. The Hall–Kier alpha value is -2.18. The monoisotopic (exact) mass is 254 g/mol. The van der Waals surface area contributed by atoms with Gasteiger partial charge in [-0.3, -0.25) is 4.98 Å². The second-order valence-electron chi connectivity index (χ2n) is 3.47. The fourth-order valence-electron chi connectivity index (χ4n) is 1.46. The molecular weight excluding hydrogens is 245 g/mol. The first-order valence-electron chi connectivity index (χ1n) is 5.05. The highest BCUT2D eigenvalue weighted by Gasteiger charge is 2.34. The lowest BCUT2D eigenvalue weighted by molar-refractivity contribution is -0.137. The van der Waals surface area contributed by atoms with Crippen molar-refractivity contribution in [3.8, 4) is 11.3 Å². The Morgan fingerprint density at radius 1 is 1.11 bits per heavy atom. The van der Waals surface area contributed by atoms with Crippen LogP contribution in [0.4, 0.5) is 19.0 Å². The van der Waals surface area contributed by atoms with Crippen molar-refractivity contribution in [3.05, 3.63) is 36.2 Å². The highest BCUT2D eigenvalue weighted by molar-refractivity contribution is 5.63. The summed E-state index contributed by atoms with van der Waals surface area (Å²) in [5, 5.41) is 10.2. The van der Waals surface area contributed by atoms with Crippen LogP contribution in [0.15, 0.2) is 30.6 Å². The molecule has 0 aromatic carbocycles. The fraction of sp³-hybridized carbons (Fsp3) is 0.182. The van der Waals surface area contributed by atoms with Crippen LogP contribution in [0.3, 0.4) is 0 Å². The Morgan fingerprint density at radius 2 is 1.89 bits per heavy atom. The van der Waals surface area contributed by atoms with E-state index < -0.39 is 11.7 Å². The van der Waals surface area contributed by atoms with E-state index in [1.807, 2.05) is 0 Å². The number of hydrogen-bond donors (Lipinski definition) is 1. The fourth-order valence-corrected chi connectivity index (χ4v) is 1.46. The van der Waals surface area contributed by atoms with Gasteiger partial charge < -0.3 is 5.32 Å². The number of nitrogens with zero attached hydrogens (tertiary/aromatic N) is 3. The number of rotatable bonds is 2. The second kappa shape index (κ2) is 4.59. The van der Waals surface area contributed by atoms with Crippen molar-refractivity contribution in [2.24, 2.45) is 0 Å². The molecule has 7 heteroatoms. The van der Waals surface area contributed by atoms with Gasteiger partial charge >= 0.3 is 6.18 Å². The molecular formula is C11H9F3N4. The molecule has 2 aromatic heterocycles. The van der Waals surface area contributed by atoms with E-state index in [1.54, 1.807) is 13.1 Å². The number of halogens is 3. The van der Waals surface area contributed by atoms with E-state index in [0.29, 0.717) is 5.82 Å². The van der Waals surface area contributed by atoms with Crippen LogP contribution in [-0.4, -0.2) is 22.2 Å². The molecule has 0 radical (unpaired) electrons. The molecule has 2 aromatic rings. The summed E-state index contributed by atoms with van der Waals surface area (Å²) in [7, 11) is 1.65. The maximum atomic E-state index is 12.8. The van der Waals surface area contributed by atoms with Gasteiger partial charge in [0.25, 0.3) is 0 Å². The third-order valence-electron chi connectivity index (χ3n) is 2.32. The molecule has 0 saturated heterocycles. The van der Waals surface area contributed by atoms with Crippen molar-refractivity contribution in [1.82, 2.24) is 15.2 Å². The van der Waals surface area contributed by atoms with Crippen molar-refractivity contribution >= 4 is 5.82 Å². The van der Waals surface area contributed by atoms with Gasteiger partial charge in [-0.1, -0.05) is 0 Å². The van der Waals surface area contributed by atoms with E-state index in [0.717, 1.165) is 18.5 Å². The average Bonchev–Trinajstić information content (AvgIpc) is 2.38. The number of hydrogen-bond acceptors (Lipinski definition) is 4. The smallest absolute Gasteiger partial charge is 0.372 e. The summed E-state index contributed by atoms with van der Waals surface area (Å²) in [6.07, 6.45) is -2.21. The molecule has 0 amide bonds. The van der Waals surface area contributed by atoms with Gasteiger partial charge in [-0.15, -0.1) is 10.2 Å². The molecule has 2 heterocycles. The average molecular weight is 254 g/mol. The number of pyridine rings is 1. The molecule has 0 aliphatic rings. The zero-order valence-electron chi connectivity index (χ0n) is 9.36. The van der Waals surface area contributed by atoms with Crippen LogP contribution in [0.2, 0.25) is 0 Å². The molecule has 0 aliphatic carbocycles. The first-order chi connectivity index (χ1) is 8.52. The Balaban J connectivity index is 2.50. The zero-order chi connectivity index (χ0) is 13.2. The van der Waals surface area contributed by atoms with Crippen LogP contribution in [0.1, 0.15) is 5.56 Å². The number of aromatic nitrogens is 3. The summed E-state index contributed by atoms with van der Waals surface area (Å²) in [4.78, 5) is 3.69. The molecule has 0 saturated carbocycles. The number of nitrogens with one attached hydrogen (secondary N) is 1. The first-order valence-corrected chi connectivity index (χ1v) is 5.05. The second-order valence-corrected chi connectivity index (χ2v) is 3.47. The normalized spacial score (nSPS) is 11.3. The third kappa shape index (κ3) is 2.39. The quantitative estimate of drug-likeness (QED) is 0.895. The van der Waals surface area contributed by atoms with Gasteiger partial charge in [-0.25, -0.2) is 0 Å². The van der Waals surface area contributed by atoms with Crippen LogP contribution < -0.4 is 5.32 Å². The Kier molecular flexibility index (Phi) is 3.14. The number of alkyl halides is 3. The van der Waals surface area contributed by atoms with Gasteiger partial charge in [0.1, 0.15) is 5.82 Å². The van der Waals surface area contributed by atoms with Crippen LogP contribution >= 0.6 is 0 Å². The maximum Gasteiger partial charge on any atom is 0.417 e. The molecule has 2 rings (SSSR count). The van der Waals surface area contributed by atoms with E-state index in [1.165, 1.54) is 6.07 Å². The molecule has 18 heavy (non-hydrogen) atoms. The molecule has 0 aliphatic heterocycles. The number of anilines is 1. The largest absolute Gasteiger partial charge is 0.417 e. The summed E-state index contributed by atoms with van der Waals surface area (Å²) >= 11 is 0. The van der Waals surface area contributed by atoms with Crippen LogP contribution in [0, 0.1) is 0 Å². The molecule has 0 spiro atoms. The predicted octanol–water partition coefficient (Wildman–Crippen LogP) is 2.60. The van der Waals surface area contributed by atoms with Crippen LogP contribution in [0.25, 0.3) is 11.3 Å². The van der Waals surface area contributed by atoms with E-state index in [2.05, 4.69) is 20.5 Å². The minimum absolute atomic E-state index is 0.0832. The highest BCUT2D eigenvalue weighted by atomic mass is 19.4. The van der Waals surface area contributed by atoms with Gasteiger partial charge in [-0.05, 0) is 18.2 Å². The molecule has 0 bridgehead atoms. The Morgan fingerprint density at radius 3 is 2.44 bits per heavy atom. The maximum absolute atomic E-state index is 12.8. The Bertz CT molecular complexity index is 537. The minimum atomic E-state index is -4.44. The van der Waals surface area contributed by atoms with Crippen molar-refractivity contribution in [2.75, 3.05) is 12.4 Å². The zero-order valence-corrected chi connectivity index (χ0v) is 9.36. The van der Waals surface area contributed by atoms with Gasteiger partial charge in [0.05, 0.1) is 11.3 Å². The van der Waals surface area contributed by atoms with Crippen molar-refractivity contribution < 1.29 is 13.2 Å². The highest BCUT2D eigenvalue weighted by Crippen LogP contribution is 2.35. The predicted molar refractivity (Wildman–Crippen MR) is 59.8 cm³/mol. The summed E-state index contributed by atoms with van der Waals surface area (Å²) < 4.78 is 38.4. The lowest BCUT2D eigenvalue weighted by atomic mass is 10.1. The Labute approximate surface area is 101 Å². The molecule has 94 valence electrons. The SMILES string of the molecule is CNc1ccc(-c2cnccc2C(F)(F)F)nn1. The minimum Gasteiger partial charge on any atom is -0.372 e. The standard InChI is InChI=1S/C11H9F3N4/c1-15-10-3-2-9(17-18-10)7-6-16-5-4-8(7)11(12,13)14/h2-6H,1H3,(H,15,18). The first kappa shape index (κ1) is 12.3. The van der Waals surface area contributed by atoms with E-state index in [9.17, 15) is 13.2 Å². The summed E-state index contributed by atoms with van der Waals surface area (Å²) in [5.41, 5.74) is -0.724. The summed E-state index contributed by atoms with van der Waals surface area (Å²) in [6.45, 7) is 0. The van der Waals surface area contributed by atoms with Crippen molar-refractivity contribution in [2.45, 2.75) is 6.18 Å². The van der Waals surface area contributed by atoms with E-state index in [-0.39, 0.29) is 11.3 Å². The molecule has 0 fully saturated rings.